The van der Waals surface area contributed by atoms with E-state index in [9.17, 15) is 13.6 Å². The van der Waals surface area contributed by atoms with Crippen molar-refractivity contribution in [3.05, 3.63) is 77.9 Å². The first-order valence-electron chi connectivity index (χ1n) is 7.31. The number of carbonyl (C=O) groups is 1. The molecule has 0 fully saturated rings. The summed E-state index contributed by atoms with van der Waals surface area (Å²) in [5.41, 5.74) is 1.70. The zero-order valence-electron chi connectivity index (χ0n) is 12.6. The Bertz CT molecular complexity index is 846. The van der Waals surface area contributed by atoms with Gasteiger partial charge in [0, 0.05) is 25.4 Å². The van der Waals surface area contributed by atoms with E-state index in [0.717, 1.165) is 23.6 Å². The van der Waals surface area contributed by atoms with Crippen LogP contribution in [0, 0.1) is 11.6 Å². The third-order valence-corrected chi connectivity index (χ3v) is 3.37. The number of nitrogens with zero attached hydrogens (tertiary/aromatic N) is 3. The predicted molar refractivity (Wildman–Crippen MR) is 83.8 cm³/mol. The Balaban J connectivity index is 1.56. The number of benzene rings is 1. The lowest BCUT2D eigenvalue weighted by Crippen LogP contribution is -2.26. The molecule has 3 aromatic rings. The van der Waals surface area contributed by atoms with Gasteiger partial charge in [0.05, 0.1) is 23.1 Å². The largest absolute Gasteiger partial charge is 0.352 e. The van der Waals surface area contributed by atoms with Crippen molar-refractivity contribution in [3.63, 3.8) is 0 Å². The number of nitrogens with one attached hydrogen (secondary N) is 1. The standard InChI is InChI=1S/C17H14F2N4O/c18-13-1-3-16(4-2-13)23-8-6-15(22-23)5-7-21-17(24)12-9-14(19)11-20-10-12/h1-4,6,8-11H,5,7H2,(H,21,24). The van der Waals surface area contributed by atoms with E-state index >= 15 is 0 Å². The minimum atomic E-state index is -0.555. The van der Waals surface area contributed by atoms with Crippen LogP contribution >= 0.6 is 0 Å². The second kappa shape index (κ2) is 6.99. The van der Waals surface area contributed by atoms with Gasteiger partial charge in [-0.1, -0.05) is 0 Å². The summed E-state index contributed by atoms with van der Waals surface area (Å²) in [4.78, 5) is 15.5. The van der Waals surface area contributed by atoms with Crippen molar-refractivity contribution in [1.82, 2.24) is 20.1 Å². The zero-order valence-corrected chi connectivity index (χ0v) is 12.6. The highest BCUT2D eigenvalue weighted by Gasteiger charge is 2.07. The summed E-state index contributed by atoms with van der Waals surface area (Å²) in [5.74, 6) is -1.25. The van der Waals surface area contributed by atoms with Gasteiger partial charge in [-0.05, 0) is 36.4 Å². The van der Waals surface area contributed by atoms with Crippen LogP contribution in [-0.4, -0.2) is 27.2 Å². The van der Waals surface area contributed by atoms with Crippen LogP contribution in [-0.2, 0) is 6.42 Å². The molecule has 0 bridgehead atoms. The molecule has 7 heteroatoms. The molecule has 0 saturated carbocycles. The van der Waals surface area contributed by atoms with E-state index in [2.05, 4.69) is 15.4 Å². The zero-order chi connectivity index (χ0) is 16.9. The van der Waals surface area contributed by atoms with E-state index in [1.165, 1.54) is 18.3 Å². The molecule has 0 radical (unpaired) electrons. The van der Waals surface area contributed by atoms with Crippen molar-refractivity contribution >= 4 is 5.91 Å². The summed E-state index contributed by atoms with van der Waals surface area (Å²) in [6.07, 6.45) is 4.63. The van der Waals surface area contributed by atoms with Crippen molar-refractivity contribution < 1.29 is 13.6 Å². The maximum atomic E-state index is 13.0. The van der Waals surface area contributed by atoms with Crippen LogP contribution in [0.1, 0.15) is 16.1 Å². The molecule has 2 heterocycles. The Morgan fingerprint density at radius 1 is 1.08 bits per heavy atom. The number of hydrogen-bond donors (Lipinski definition) is 1. The summed E-state index contributed by atoms with van der Waals surface area (Å²) in [6, 6.07) is 8.94. The first-order chi connectivity index (χ1) is 11.6. The van der Waals surface area contributed by atoms with Gasteiger partial charge in [0.15, 0.2) is 0 Å². The van der Waals surface area contributed by atoms with Crippen LogP contribution in [0.15, 0.2) is 55.0 Å². The molecule has 0 atom stereocenters. The van der Waals surface area contributed by atoms with E-state index in [1.54, 1.807) is 23.0 Å². The highest BCUT2D eigenvalue weighted by Crippen LogP contribution is 2.09. The van der Waals surface area contributed by atoms with Gasteiger partial charge in [-0.25, -0.2) is 13.5 Å². The molecule has 122 valence electrons. The van der Waals surface area contributed by atoms with Crippen LogP contribution < -0.4 is 5.32 Å². The summed E-state index contributed by atoms with van der Waals surface area (Å²) in [6.45, 7) is 0.357. The highest BCUT2D eigenvalue weighted by molar-refractivity contribution is 5.93. The van der Waals surface area contributed by atoms with Crippen molar-refractivity contribution in [1.29, 1.82) is 0 Å². The van der Waals surface area contributed by atoms with Gasteiger partial charge in [-0.2, -0.15) is 5.10 Å². The second-order valence-electron chi connectivity index (χ2n) is 5.13. The minimum Gasteiger partial charge on any atom is -0.352 e. The predicted octanol–water partition coefficient (Wildman–Crippen LogP) is 2.52. The molecular weight excluding hydrogens is 314 g/mol. The molecule has 0 saturated heterocycles. The van der Waals surface area contributed by atoms with E-state index in [-0.39, 0.29) is 17.3 Å². The summed E-state index contributed by atoms with van der Waals surface area (Å²) in [7, 11) is 0. The van der Waals surface area contributed by atoms with E-state index < -0.39 is 5.82 Å². The van der Waals surface area contributed by atoms with E-state index in [0.29, 0.717) is 13.0 Å². The Morgan fingerprint density at radius 3 is 2.62 bits per heavy atom. The van der Waals surface area contributed by atoms with Crippen molar-refractivity contribution in [2.75, 3.05) is 6.54 Å². The van der Waals surface area contributed by atoms with Crippen molar-refractivity contribution in [2.24, 2.45) is 0 Å². The van der Waals surface area contributed by atoms with Crippen molar-refractivity contribution in [2.45, 2.75) is 6.42 Å². The SMILES string of the molecule is O=C(NCCc1ccn(-c2ccc(F)cc2)n1)c1cncc(F)c1. The molecule has 1 N–H and O–H groups in total. The summed E-state index contributed by atoms with van der Waals surface area (Å²) >= 11 is 0. The molecule has 5 nitrogen and oxygen atoms in total. The molecule has 0 unspecified atom stereocenters. The molecule has 0 aliphatic rings. The van der Waals surface area contributed by atoms with Crippen LogP contribution in [0.5, 0.6) is 0 Å². The van der Waals surface area contributed by atoms with Gasteiger partial charge in [0.1, 0.15) is 11.6 Å². The third-order valence-electron chi connectivity index (χ3n) is 3.37. The molecule has 3 rings (SSSR count). The summed E-state index contributed by atoms with van der Waals surface area (Å²) < 4.78 is 27.6. The molecule has 24 heavy (non-hydrogen) atoms. The Labute approximate surface area is 137 Å². The topological polar surface area (TPSA) is 59.8 Å². The average Bonchev–Trinajstić information content (AvgIpc) is 3.04. The lowest BCUT2D eigenvalue weighted by Gasteiger charge is -2.04. The van der Waals surface area contributed by atoms with Crippen LogP contribution in [0.4, 0.5) is 8.78 Å². The highest BCUT2D eigenvalue weighted by atomic mass is 19.1. The minimum absolute atomic E-state index is 0.173. The fraction of sp³-hybridized carbons (Fsp3) is 0.118. The lowest BCUT2D eigenvalue weighted by molar-refractivity contribution is 0.0953. The molecule has 1 amide bonds. The number of pyridine rings is 1. The van der Waals surface area contributed by atoms with E-state index in [1.807, 2.05) is 6.07 Å². The van der Waals surface area contributed by atoms with Crippen LogP contribution in [0.2, 0.25) is 0 Å². The van der Waals surface area contributed by atoms with Crippen molar-refractivity contribution in [3.8, 4) is 5.69 Å². The van der Waals surface area contributed by atoms with Gasteiger partial charge in [-0.15, -0.1) is 0 Å². The third kappa shape index (κ3) is 3.81. The Hall–Kier alpha value is -3.09. The number of amides is 1. The second-order valence-corrected chi connectivity index (χ2v) is 5.13. The maximum Gasteiger partial charge on any atom is 0.252 e. The first kappa shape index (κ1) is 15.8. The normalized spacial score (nSPS) is 10.6. The lowest BCUT2D eigenvalue weighted by atomic mass is 10.2. The number of halogens is 2. The molecule has 0 aliphatic carbocycles. The van der Waals surface area contributed by atoms with Gasteiger partial charge >= 0.3 is 0 Å². The van der Waals surface area contributed by atoms with Gasteiger partial charge in [0.25, 0.3) is 5.91 Å². The fourth-order valence-electron chi connectivity index (χ4n) is 2.17. The quantitative estimate of drug-likeness (QED) is 0.783. The van der Waals surface area contributed by atoms with Gasteiger partial charge in [-0.3, -0.25) is 9.78 Å². The van der Waals surface area contributed by atoms with Gasteiger partial charge < -0.3 is 5.32 Å². The molecule has 0 spiro atoms. The number of carbonyl (C=O) groups excluding carboxylic acids is 1. The number of hydrogen-bond acceptors (Lipinski definition) is 3. The average molecular weight is 328 g/mol. The number of rotatable bonds is 5. The maximum absolute atomic E-state index is 13.0. The Morgan fingerprint density at radius 2 is 1.88 bits per heavy atom. The van der Waals surface area contributed by atoms with Gasteiger partial charge in [0.2, 0.25) is 0 Å². The molecule has 0 aliphatic heterocycles. The van der Waals surface area contributed by atoms with Crippen LogP contribution in [0.3, 0.4) is 0 Å². The molecule has 1 aromatic carbocycles. The monoisotopic (exact) mass is 328 g/mol. The first-order valence-corrected chi connectivity index (χ1v) is 7.31. The molecule has 2 aromatic heterocycles. The summed E-state index contributed by atoms with van der Waals surface area (Å²) in [5, 5.41) is 7.05. The fourth-order valence-corrected chi connectivity index (χ4v) is 2.17. The number of aromatic nitrogens is 3. The Kier molecular flexibility index (Phi) is 4.60. The molecular formula is C17H14F2N4O. The smallest absolute Gasteiger partial charge is 0.252 e. The van der Waals surface area contributed by atoms with Crippen LogP contribution in [0.25, 0.3) is 5.69 Å². The van der Waals surface area contributed by atoms with E-state index in [4.69, 9.17) is 0 Å².